The monoisotopic (exact) mass is 518 g/mol. The summed E-state index contributed by atoms with van der Waals surface area (Å²) in [5.41, 5.74) is -0.546. The first kappa shape index (κ1) is 27.3. The molecule has 200 valence electrons. The number of hydrogen-bond donors (Lipinski definition) is 1. The quantitative estimate of drug-likeness (QED) is 0.276. The molecular weight excluding hydrogens is 483 g/mol. The standard InChI is InChI=1S/C28H35F3N3O3/c1-34(2,17-18-36-20-21-13-15-24(16-14-21)28(29,30)31)19-25-32-33-26(37-25)27(35,22-9-5-3-6-10-22)23-11-7-4-8-12-23/h3,5-6,9-10,13-16,23,35H,4,7-8,11-12,17-20H2,1-2H3/q+1. The van der Waals surface area contributed by atoms with Gasteiger partial charge >= 0.3 is 6.18 Å². The van der Waals surface area contributed by atoms with E-state index in [9.17, 15) is 18.3 Å². The summed E-state index contributed by atoms with van der Waals surface area (Å²) in [5, 5.41) is 20.5. The molecule has 1 aliphatic carbocycles. The molecule has 1 aromatic heterocycles. The van der Waals surface area contributed by atoms with Crippen molar-refractivity contribution >= 4 is 0 Å². The Bertz CT molecular complexity index is 1130. The van der Waals surface area contributed by atoms with Crippen molar-refractivity contribution in [3.63, 3.8) is 0 Å². The van der Waals surface area contributed by atoms with Gasteiger partial charge in [0.1, 0.15) is 6.54 Å². The summed E-state index contributed by atoms with van der Waals surface area (Å²) in [6, 6.07) is 14.6. The maximum atomic E-state index is 12.7. The van der Waals surface area contributed by atoms with Crippen LogP contribution < -0.4 is 0 Å². The van der Waals surface area contributed by atoms with E-state index < -0.39 is 17.3 Å². The van der Waals surface area contributed by atoms with E-state index in [0.717, 1.165) is 43.4 Å². The molecule has 1 saturated carbocycles. The van der Waals surface area contributed by atoms with E-state index in [1.54, 1.807) is 0 Å². The Hall–Kier alpha value is -2.75. The summed E-state index contributed by atoms with van der Waals surface area (Å²) in [6.45, 7) is 1.72. The van der Waals surface area contributed by atoms with Crippen molar-refractivity contribution in [3.8, 4) is 0 Å². The zero-order valence-electron chi connectivity index (χ0n) is 21.4. The Labute approximate surface area is 215 Å². The number of halogens is 3. The van der Waals surface area contributed by atoms with Crippen LogP contribution in [0.5, 0.6) is 0 Å². The highest BCUT2D eigenvalue weighted by Gasteiger charge is 2.45. The predicted molar refractivity (Wildman–Crippen MR) is 132 cm³/mol. The second kappa shape index (κ2) is 11.3. The molecule has 0 radical (unpaired) electrons. The molecule has 4 rings (SSSR count). The minimum atomic E-state index is -4.34. The van der Waals surface area contributed by atoms with Crippen molar-refractivity contribution in [2.45, 2.75) is 57.0 Å². The molecule has 9 heteroatoms. The molecule has 1 N–H and O–H groups in total. The van der Waals surface area contributed by atoms with Crippen LogP contribution in [0.4, 0.5) is 13.2 Å². The molecule has 0 saturated heterocycles. The smallest absolute Gasteiger partial charge is 0.416 e. The number of aliphatic hydroxyl groups is 1. The lowest BCUT2D eigenvalue weighted by molar-refractivity contribution is -0.905. The van der Waals surface area contributed by atoms with Crippen LogP contribution >= 0.6 is 0 Å². The average molecular weight is 519 g/mol. The van der Waals surface area contributed by atoms with Gasteiger partial charge in [0.2, 0.25) is 0 Å². The highest BCUT2D eigenvalue weighted by atomic mass is 19.4. The number of ether oxygens (including phenoxy) is 1. The van der Waals surface area contributed by atoms with Gasteiger partial charge in [-0.1, -0.05) is 61.7 Å². The fourth-order valence-electron chi connectivity index (χ4n) is 4.95. The maximum Gasteiger partial charge on any atom is 0.416 e. The van der Waals surface area contributed by atoms with E-state index in [2.05, 4.69) is 10.2 Å². The van der Waals surface area contributed by atoms with E-state index >= 15 is 0 Å². The molecule has 6 nitrogen and oxygen atoms in total. The van der Waals surface area contributed by atoms with E-state index in [1.165, 1.54) is 18.6 Å². The highest BCUT2D eigenvalue weighted by molar-refractivity contribution is 5.29. The highest BCUT2D eigenvalue weighted by Crippen LogP contribution is 2.43. The second-order valence-corrected chi connectivity index (χ2v) is 10.5. The number of likely N-dealkylation sites (N-methyl/N-ethyl adjacent to an activating group) is 1. The molecule has 3 aromatic rings. The van der Waals surface area contributed by atoms with Crippen LogP contribution in [0.2, 0.25) is 0 Å². The Morgan fingerprint density at radius 3 is 2.27 bits per heavy atom. The van der Waals surface area contributed by atoms with Gasteiger partial charge in [-0.15, -0.1) is 10.2 Å². The van der Waals surface area contributed by atoms with Crippen molar-refractivity contribution in [1.29, 1.82) is 0 Å². The first-order chi connectivity index (χ1) is 17.6. The third kappa shape index (κ3) is 6.77. The Morgan fingerprint density at radius 1 is 0.946 bits per heavy atom. The van der Waals surface area contributed by atoms with Crippen molar-refractivity contribution in [2.75, 3.05) is 27.2 Å². The zero-order valence-corrected chi connectivity index (χ0v) is 21.4. The van der Waals surface area contributed by atoms with Crippen LogP contribution in [0.25, 0.3) is 0 Å². The number of hydrogen-bond acceptors (Lipinski definition) is 5. The first-order valence-corrected chi connectivity index (χ1v) is 12.7. The molecule has 0 bridgehead atoms. The molecule has 1 fully saturated rings. The first-order valence-electron chi connectivity index (χ1n) is 12.7. The lowest BCUT2D eigenvalue weighted by Crippen LogP contribution is -2.41. The van der Waals surface area contributed by atoms with E-state index in [0.29, 0.717) is 35.6 Å². The Balaban J connectivity index is 1.36. The fourth-order valence-corrected chi connectivity index (χ4v) is 4.95. The van der Waals surface area contributed by atoms with Crippen molar-refractivity contribution in [2.24, 2.45) is 5.92 Å². The lowest BCUT2D eigenvalue weighted by atomic mass is 9.73. The van der Waals surface area contributed by atoms with Crippen LogP contribution in [-0.4, -0.2) is 47.0 Å². The summed E-state index contributed by atoms with van der Waals surface area (Å²) in [5.74, 6) is 0.685. The fraction of sp³-hybridized carbons (Fsp3) is 0.500. The van der Waals surface area contributed by atoms with Gasteiger partial charge in [-0.05, 0) is 36.1 Å². The number of quaternary nitrogens is 1. The van der Waals surface area contributed by atoms with Gasteiger partial charge in [-0.2, -0.15) is 13.2 Å². The Kier molecular flexibility index (Phi) is 8.36. The lowest BCUT2D eigenvalue weighted by Gasteiger charge is -2.36. The number of nitrogens with zero attached hydrogens (tertiary/aromatic N) is 3. The Morgan fingerprint density at radius 2 is 1.62 bits per heavy atom. The molecule has 1 atom stereocenters. The topological polar surface area (TPSA) is 68.4 Å². The average Bonchev–Trinajstić information content (AvgIpc) is 3.35. The molecule has 1 heterocycles. The SMILES string of the molecule is C[N+](C)(CCOCc1ccc(C(F)(F)F)cc1)Cc1nnc(C(O)(c2ccccc2)C2CCCCC2)o1. The van der Waals surface area contributed by atoms with Crippen molar-refractivity contribution in [1.82, 2.24) is 10.2 Å². The summed E-state index contributed by atoms with van der Waals surface area (Å²) >= 11 is 0. The van der Waals surface area contributed by atoms with Crippen LogP contribution in [-0.2, 0) is 29.7 Å². The largest absolute Gasteiger partial charge is 0.416 e. The third-order valence-electron chi connectivity index (χ3n) is 7.16. The third-order valence-corrected chi connectivity index (χ3v) is 7.16. The molecule has 1 aliphatic rings. The van der Waals surface area contributed by atoms with Gasteiger partial charge in [0, 0.05) is 5.92 Å². The minimum absolute atomic E-state index is 0.0121. The molecule has 0 amide bonds. The number of aromatic nitrogens is 2. The normalized spacial score (nSPS) is 17.0. The van der Waals surface area contributed by atoms with Gasteiger partial charge in [-0.3, -0.25) is 0 Å². The van der Waals surface area contributed by atoms with Gasteiger partial charge in [-0.25, -0.2) is 0 Å². The molecule has 37 heavy (non-hydrogen) atoms. The zero-order chi connectivity index (χ0) is 26.5. The second-order valence-electron chi connectivity index (χ2n) is 10.5. The summed E-state index contributed by atoms with van der Waals surface area (Å²) in [6.07, 6.45) is 0.766. The van der Waals surface area contributed by atoms with Crippen LogP contribution in [0.1, 0.15) is 60.6 Å². The van der Waals surface area contributed by atoms with Gasteiger partial charge < -0.3 is 18.7 Å². The van der Waals surface area contributed by atoms with Crippen LogP contribution in [0.3, 0.4) is 0 Å². The van der Waals surface area contributed by atoms with E-state index in [4.69, 9.17) is 9.15 Å². The molecular formula is C28H35F3N3O3+. The number of alkyl halides is 3. The maximum absolute atomic E-state index is 12.7. The van der Waals surface area contributed by atoms with Gasteiger partial charge in [0.15, 0.2) is 12.1 Å². The molecule has 0 spiro atoms. The van der Waals surface area contributed by atoms with Crippen LogP contribution in [0.15, 0.2) is 59.0 Å². The van der Waals surface area contributed by atoms with E-state index in [-0.39, 0.29) is 18.4 Å². The minimum Gasteiger partial charge on any atom is -0.416 e. The summed E-state index contributed by atoms with van der Waals surface area (Å²) in [4.78, 5) is 0. The number of benzene rings is 2. The van der Waals surface area contributed by atoms with Crippen molar-refractivity contribution < 1.29 is 31.9 Å². The van der Waals surface area contributed by atoms with Gasteiger partial charge in [0.05, 0.1) is 32.9 Å². The predicted octanol–water partition coefficient (Wildman–Crippen LogP) is 5.70. The van der Waals surface area contributed by atoms with Crippen molar-refractivity contribution in [3.05, 3.63) is 83.1 Å². The van der Waals surface area contributed by atoms with Gasteiger partial charge in [0.25, 0.3) is 11.8 Å². The molecule has 0 aliphatic heterocycles. The number of rotatable bonds is 10. The van der Waals surface area contributed by atoms with E-state index in [1.807, 2.05) is 44.4 Å². The molecule has 2 aromatic carbocycles. The summed E-state index contributed by atoms with van der Waals surface area (Å²) in [7, 11) is 4.02. The van der Waals surface area contributed by atoms with Crippen LogP contribution in [0, 0.1) is 5.92 Å². The summed E-state index contributed by atoms with van der Waals surface area (Å²) < 4.78 is 50.5. The molecule has 1 unspecified atom stereocenters.